The monoisotopic (exact) mass is 366 g/mol. The van der Waals surface area contributed by atoms with Crippen LogP contribution in [0, 0.1) is 0 Å². The number of carbonyl (C=O) groups is 2. The fourth-order valence-electron chi connectivity index (χ4n) is 2.67. The van der Waals surface area contributed by atoms with Crippen LogP contribution in [0.4, 0.5) is 0 Å². The van der Waals surface area contributed by atoms with Gasteiger partial charge >= 0.3 is 5.97 Å². The molecule has 4 nitrogen and oxygen atoms in total. The Bertz CT molecular complexity index is 926. The predicted molar refractivity (Wildman–Crippen MR) is 102 cm³/mol. The summed E-state index contributed by atoms with van der Waals surface area (Å²) < 4.78 is 5.12. The number of hydrogen-bond acceptors (Lipinski definition) is 4. The molecule has 0 saturated carbocycles. The van der Waals surface area contributed by atoms with Crippen LogP contribution in [0.15, 0.2) is 60.7 Å². The van der Waals surface area contributed by atoms with Crippen LogP contribution in [-0.4, -0.2) is 24.0 Å². The number of hydrogen-bond donors (Lipinski definition) is 1. The first-order valence-electron chi connectivity index (χ1n) is 8.12. The Labute approximate surface area is 155 Å². The van der Waals surface area contributed by atoms with Crippen LogP contribution >= 0.6 is 11.3 Å². The van der Waals surface area contributed by atoms with Crippen molar-refractivity contribution in [1.29, 1.82) is 0 Å². The molecule has 0 spiro atoms. The largest absolute Gasteiger partial charge is 0.497 e. The maximum atomic E-state index is 12.9. The molecule has 5 heteroatoms. The highest BCUT2D eigenvalue weighted by atomic mass is 32.1. The second kappa shape index (κ2) is 7.54. The van der Waals surface area contributed by atoms with E-state index in [4.69, 9.17) is 4.74 Å². The molecule has 2 aromatic carbocycles. The summed E-state index contributed by atoms with van der Waals surface area (Å²) in [7, 11) is 1.57. The average Bonchev–Trinajstić information content (AvgIpc) is 3.12. The topological polar surface area (TPSA) is 63.6 Å². The molecule has 3 rings (SSSR count). The molecule has 1 heterocycles. The Kier molecular flexibility index (Phi) is 5.19. The van der Waals surface area contributed by atoms with Crippen molar-refractivity contribution in [3.63, 3.8) is 0 Å². The van der Waals surface area contributed by atoms with Gasteiger partial charge in [-0.1, -0.05) is 30.3 Å². The van der Waals surface area contributed by atoms with Crippen LogP contribution in [0.1, 0.15) is 33.6 Å². The van der Waals surface area contributed by atoms with Crippen molar-refractivity contribution in [2.24, 2.45) is 0 Å². The first kappa shape index (κ1) is 17.9. The van der Waals surface area contributed by atoms with Crippen LogP contribution in [0.5, 0.6) is 5.75 Å². The molecule has 0 aliphatic carbocycles. The lowest BCUT2D eigenvalue weighted by Crippen LogP contribution is -2.07. The second-order valence-corrected chi connectivity index (χ2v) is 6.93. The third-order valence-corrected chi connectivity index (χ3v) is 5.41. The fraction of sp³-hybridized carbons (Fsp3) is 0.143. The first-order chi connectivity index (χ1) is 12.5. The van der Waals surface area contributed by atoms with E-state index >= 15 is 0 Å². The van der Waals surface area contributed by atoms with E-state index in [1.165, 1.54) is 11.3 Å². The van der Waals surface area contributed by atoms with Crippen molar-refractivity contribution in [3.05, 3.63) is 76.7 Å². The molecule has 0 radical (unpaired) electrons. The lowest BCUT2D eigenvalue weighted by atomic mass is 9.98. The molecule has 0 aliphatic rings. The van der Waals surface area contributed by atoms with Gasteiger partial charge < -0.3 is 9.84 Å². The molecule has 1 aromatic heterocycles. The number of ether oxygens (including phenoxy) is 1. The zero-order valence-electron chi connectivity index (χ0n) is 14.4. The van der Waals surface area contributed by atoms with E-state index in [9.17, 15) is 14.7 Å². The summed E-state index contributed by atoms with van der Waals surface area (Å²) in [6, 6.07) is 18.1. The summed E-state index contributed by atoms with van der Waals surface area (Å²) in [5, 5.41) is 9.44. The molecule has 1 atom stereocenters. The summed E-state index contributed by atoms with van der Waals surface area (Å²) in [5.41, 5.74) is 2.11. The zero-order chi connectivity index (χ0) is 18.7. The van der Waals surface area contributed by atoms with Crippen LogP contribution < -0.4 is 4.74 Å². The van der Waals surface area contributed by atoms with Gasteiger partial charge in [0.2, 0.25) is 5.78 Å². The smallest absolute Gasteiger partial charge is 0.310 e. The van der Waals surface area contributed by atoms with E-state index in [0.29, 0.717) is 21.8 Å². The van der Waals surface area contributed by atoms with Gasteiger partial charge in [-0.25, -0.2) is 0 Å². The molecule has 1 N–H and O–H groups in total. The Hall–Kier alpha value is -2.92. The maximum Gasteiger partial charge on any atom is 0.310 e. The number of carboxylic acid groups (broad SMARTS) is 1. The number of carbonyl (C=O) groups excluding carboxylic acids is 1. The quantitative estimate of drug-likeness (QED) is 0.634. The molecule has 0 amide bonds. The molecule has 26 heavy (non-hydrogen) atoms. The van der Waals surface area contributed by atoms with Crippen LogP contribution in [-0.2, 0) is 4.79 Å². The van der Waals surface area contributed by atoms with Crippen molar-refractivity contribution in [2.45, 2.75) is 12.8 Å². The highest BCUT2D eigenvalue weighted by Gasteiger charge is 2.24. The van der Waals surface area contributed by atoms with Gasteiger partial charge in [-0.3, -0.25) is 9.59 Å². The lowest BCUT2D eigenvalue weighted by Gasteiger charge is -2.07. The summed E-state index contributed by atoms with van der Waals surface area (Å²) >= 11 is 1.33. The van der Waals surface area contributed by atoms with E-state index in [1.54, 1.807) is 44.4 Å². The predicted octanol–water partition coefficient (Wildman–Crippen LogP) is 4.84. The zero-order valence-corrected chi connectivity index (χ0v) is 15.2. The molecule has 0 fully saturated rings. The minimum atomic E-state index is -0.913. The normalized spacial score (nSPS) is 11.8. The molecular weight excluding hydrogens is 348 g/mol. The summed E-state index contributed by atoms with van der Waals surface area (Å²) in [6.07, 6.45) is 0. The van der Waals surface area contributed by atoms with Gasteiger partial charge in [0.15, 0.2) is 0 Å². The van der Waals surface area contributed by atoms with Gasteiger partial charge in [0, 0.05) is 10.4 Å². The Morgan fingerprint density at radius 2 is 1.69 bits per heavy atom. The standard InChI is InChI=1S/C21H18O4S/c1-13(21(23)24)17-12-18(26-20(17)15-6-4-3-5-7-15)19(22)14-8-10-16(25-2)11-9-14/h3-13H,1-2H3,(H,23,24). The van der Waals surface area contributed by atoms with Gasteiger partial charge in [-0.15, -0.1) is 11.3 Å². The van der Waals surface area contributed by atoms with Crippen molar-refractivity contribution in [2.75, 3.05) is 7.11 Å². The van der Waals surface area contributed by atoms with E-state index in [0.717, 1.165) is 10.4 Å². The van der Waals surface area contributed by atoms with Crippen molar-refractivity contribution in [3.8, 4) is 16.2 Å². The Morgan fingerprint density at radius 3 is 2.27 bits per heavy atom. The number of rotatable bonds is 6. The van der Waals surface area contributed by atoms with E-state index in [2.05, 4.69) is 0 Å². The van der Waals surface area contributed by atoms with Crippen LogP contribution in [0.25, 0.3) is 10.4 Å². The van der Waals surface area contributed by atoms with E-state index in [-0.39, 0.29) is 5.78 Å². The highest BCUT2D eigenvalue weighted by Crippen LogP contribution is 2.38. The molecule has 0 saturated heterocycles. The number of benzene rings is 2. The number of ketones is 1. The second-order valence-electron chi connectivity index (χ2n) is 5.88. The van der Waals surface area contributed by atoms with Crippen molar-refractivity contribution < 1.29 is 19.4 Å². The third kappa shape index (κ3) is 3.53. The number of aliphatic carboxylic acids is 1. The molecule has 0 aliphatic heterocycles. The SMILES string of the molecule is COc1ccc(C(=O)c2cc(C(C)C(=O)O)c(-c3ccccc3)s2)cc1. The van der Waals surface area contributed by atoms with Gasteiger partial charge in [0.1, 0.15) is 5.75 Å². The van der Waals surface area contributed by atoms with Gasteiger partial charge in [-0.05, 0) is 48.4 Å². The molecule has 132 valence electrons. The Balaban J connectivity index is 2.05. The maximum absolute atomic E-state index is 12.9. The number of methoxy groups -OCH3 is 1. The van der Waals surface area contributed by atoms with Crippen LogP contribution in [0.2, 0.25) is 0 Å². The van der Waals surface area contributed by atoms with Gasteiger partial charge in [-0.2, -0.15) is 0 Å². The van der Waals surface area contributed by atoms with Crippen molar-refractivity contribution >= 4 is 23.1 Å². The summed E-state index contributed by atoms with van der Waals surface area (Å²) in [4.78, 5) is 25.7. The molecule has 1 unspecified atom stereocenters. The third-order valence-electron chi connectivity index (χ3n) is 4.21. The van der Waals surface area contributed by atoms with E-state index in [1.807, 2.05) is 30.3 Å². The van der Waals surface area contributed by atoms with Gasteiger partial charge in [0.25, 0.3) is 0 Å². The molecule has 3 aromatic rings. The number of carboxylic acids is 1. The lowest BCUT2D eigenvalue weighted by molar-refractivity contribution is -0.138. The number of thiophene rings is 1. The van der Waals surface area contributed by atoms with Gasteiger partial charge in [0.05, 0.1) is 17.9 Å². The van der Waals surface area contributed by atoms with Crippen LogP contribution in [0.3, 0.4) is 0 Å². The van der Waals surface area contributed by atoms with E-state index < -0.39 is 11.9 Å². The molecule has 0 bridgehead atoms. The summed E-state index contributed by atoms with van der Waals surface area (Å²) in [6.45, 7) is 1.64. The van der Waals surface area contributed by atoms with Crippen molar-refractivity contribution in [1.82, 2.24) is 0 Å². The fourth-order valence-corrected chi connectivity index (χ4v) is 3.90. The summed E-state index contributed by atoms with van der Waals surface area (Å²) in [5.74, 6) is -1.06. The minimum Gasteiger partial charge on any atom is -0.497 e. The average molecular weight is 366 g/mol. The highest BCUT2D eigenvalue weighted by molar-refractivity contribution is 7.17. The first-order valence-corrected chi connectivity index (χ1v) is 8.93. The Morgan fingerprint density at radius 1 is 1.04 bits per heavy atom. The minimum absolute atomic E-state index is 0.126. The molecular formula is C21H18O4S.